The van der Waals surface area contributed by atoms with Crippen LogP contribution in [0.4, 0.5) is 0 Å². The van der Waals surface area contributed by atoms with Crippen LogP contribution in [0.1, 0.15) is 103 Å². The lowest BCUT2D eigenvalue weighted by Gasteiger charge is -2.29. The van der Waals surface area contributed by atoms with E-state index in [-0.39, 0.29) is 13.3 Å². The molecule has 0 radical (unpaired) electrons. The number of aldehydes is 1. The van der Waals surface area contributed by atoms with Gasteiger partial charge in [-0.2, -0.15) is 0 Å². The topological polar surface area (TPSA) is 71.1 Å². The number of fused-ring (bicyclic) bond motifs is 1. The summed E-state index contributed by atoms with van der Waals surface area (Å²) < 4.78 is 1.23. The van der Waals surface area contributed by atoms with Crippen molar-refractivity contribution in [3.05, 3.63) is 28.8 Å². The summed E-state index contributed by atoms with van der Waals surface area (Å²) in [6, 6.07) is 7.21. The molecule has 1 aliphatic carbocycles. The molecule has 208 valence electrons. The van der Waals surface area contributed by atoms with E-state index in [2.05, 4.69) is 70.9 Å². The Balaban J connectivity index is 0. The van der Waals surface area contributed by atoms with Crippen LogP contribution in [0, 0.1) is 5.92 Å². The van der Waals surface area contributed by atoms with Crippen molar-refractivity contribution in [2.24, 2.45) is 5.92 Å². The first kappa shape index (κ1) is 36.8. The summed E-state index contributed by atoms with van der Waals surface area (Å²) in [6.45, 7) is 10.4. The fraction of sp³-hybridized carbons (Fsp3) is 0.690. The predicted molar refractivity (Wildman–Crippen MR) is 165 cm³/mol. The van der Waals surface area contributed by atoms with E-state index < -0.39 is 0 Å². The van der Waals surface area contributed by atoms with Gasteiger partial charge < -0.3 is 15.4 Å². The minimum atomic E-state index is 0. The third-order valence-electron chi connectivity index (χ3n) is 6.23. The Morgan fingerprint density at radius 2 is 1.81 bits per heavy atom. The molecule has 0 spiro atoms. The van der Waals surface area contributed by atoms with Crippen molar-refractivity contribution in [1.29, 1.82) is 0 Å². The first-order valence-corrected chi connectivity index (χ1v) is 15.2. The van der Waals surface area contributed by atoms with Crippen LogP contribution in [0.5, 0.6) is 0 Å². The number of rotatable bonds is 8. The average molecular weight is 540 g/mol. The molecule has 0 saturated heterocycles. The average Bonchev–Trinajstić information content (AvgIpc) is 3.32. The molecule has 1 heterocycles. The molecule has 0 bridgehead atoms. The largest absolute Gasteiger partial charge is 0.359 e. The molecule has 1 amide bonds. The number of aryl methyl sites for hydroxylation is 1. The molecule has 1 fully saturated rings. The molecule has 3 rings (SSSR count). The van der Waals surface area contributed by atoms with Gasteiger partial charge in [0.15, 0.2) is 0 Å². The Kier molecular flexibility index (Phi) is 23.3. The van der Waals surface area contributed by atoms with Gasteiger partial charge in [-0.25, -0.2) is 4.98 Å². The molecule has 2 atom stereocenters. The molecule has 7 heteroatoms. The van der Waals surface area contributed by atoms with Gasteiger partial charge in [0.25, 0.3) is 0 Å². The molecule has 36 heavy (non-hydrogen) atoms. The van der Waals surface area contributed by atoms with Crippen LogP contribution < -0.4 is 10.6 Å². The fourth-order valence-electron chi connectivity index (χ4n) is 4.12. The van der Waals surface area contributed by atoms with Gasteiger partial charge >= 0.3 is 0 Å². The highest BCUT2D eigenvalue weighted by atomic mass is 32.1. The number of nitrogens with zero attached hydrogens (tertiary/aromatic N) is 1. The third kappa shape index (κ3) is 14.4. The van der Waals surface area contributed by atoms with E-state index in [4.69, 9.17) is 0 Å². The Hall–Kier alpha value is -1.36. The molecule has 2 unspecified atom stereocenters. The zero-order valence-corrected chi connectivity index (χ0v) is 25.1. The second-order valence-corrected chi connectivity index (χ2v) is 10.0. The van der Waals surface area contributed by atoms with Crippen molar-refractivity contribution in [2.45, 2.75) is 105 Å². The Morgan fingerprint density at radius 1 is 1.17 bits per heavy atom. The van der Waals surface area contributed by atoms with Crippen LogP contribution in [-0.4, -0.2) is 44.0 Å². The number of hydrogen-bond donors (Lipinski definition) is 2. The van der Waals surface area contributed by atoms with Gasteiger partial charge in [0.05, 0.1) is 15.2 Å². The number of hydrogen-bond acceptors (Lipinski definition) is 5. The van der Waals surface area contributed by atoms with Gasteiger partial charge in [0.1, 0.15) is 6.29 Å². The number of nitrogens with one attached hydrogen (secondary N) is 2. The van der Waals surface area contributed by atoms with E-state index >= 15 is 0 Å². The van der Waals surface area contributed by atoms with Crippen LogP contribution >= 0.6 is 20.6 Å². The van der Waals surface area contributed by atoms with E-state index in [1.165, 1.54) is 48.8 Å². The normalized spacial score (nSPS) is 13.6. The third-order valence-corrected chi connectivity index (χ3v) is 7.31. The summed E-state index contributed by atoms with van der Waals surface area (Å²) in [5.74, 6) is 1.61. The van der Waals surface area contributed by atoms with Gasteiger partial charge in [0, 0.05) is 32.4 Å². The van der Waals surface area contributed by atoms with Crippen molar-refractivity contribution in [1.82, 2.24) is 15.6 Å². The van der Waals surface area contributed by atoms with Gasteiger partial charge in [-0.15, -0.1) is 20.6 Å². The summed E-state index contributed by atoms with van der Waals surface area (Å²) in [6.07, 6.45) is 11.5. The first-order valence-electron chi connectivity index (χ1n) is 13.2. The summed E-state index contributed by atoms with van der Waals surface area (Å²) in [4.78, 5) is 24.9. The lowest BCUT2D eigenvalue weighted by atomic mass is 9.83. The Bertz CT molecular complexity index is 810. The highest BCUT2D eigenvalue weighted by Crippen LogP contribution is 2.28. The molecular formula is C29H54N3O2PS. The van der Waals surface area contributed by atoms with Crippen molar-refractivity contribution >= 4 is 43.0 Å². The number of benzene rings is 1. The molecule has 5 nitrogen and oxygen atoms in total. The van der Waals surface area contributed by atoms with Gasteiger partial charge in [-0.05, 0) is 55.8 Å². The predicted octanol–water partition coefficient (Wildman–Crippen LogP) is 7.39. The molecule has 1 aromatic carbocycles. The lowest BCUT2D eigenvalue weighted by molar-refractivity contribution is -0.120. The molecule has 0 aliphatic heterocycles. The minimum Gasteiger partial charge on any atom is -0.359 e. The summed E-state index contributed by atoms with van der Waals surface area (Å²) in [7, 11) is 6.15. The number of amides is 1. The summed E-state index contributed by atoms with van der Waals surface area (Å²) >= 11 is 1.70. The maximum Gasteiger partial charge on any atom is 0.219 e. The summed E-state index contributed by atoms with van der Waals surface area (Å²) in [5.41, 5.74) is 2.40. The standard InChI is InChI=1S/C13H15NOS.C10H21N.C4H9NO.CH5P.CH4/c1-9(2)10-5-6-11-12(8-10)16-13(14-11)4-3-7-15;1-3-10(11-2)9-7-5-4-6-8-9;1-3-4(6)5-2;1-2;/h5-9H,3-4H2,1-2H3;9-11H,3-8H2,1-2H3;3H2,1-2H3,(H,5,6);2H2,1H3;1H4. The van der Waals surface area contributed by atoms with Crippen molar-refractivity contribution < 1.29 is 9.59 Å². The maximum absolute atomic E-state index is 10.3. The zero-order chi connectivity index (χ0) is 26.6. The smallest absolute Gasteiger partial charge is 0.219 e. The zero-order valence-electron chi connectivity index (χ0n) is 23.2. The van der Waals surface area contributed by atoms with Crippen LogP contribution in [0.25, 0.3) is 10.2 Å². The molecule has 2 aromatic rings. The first-order chi connectivity index (χ1) is 16.9. The van der Waals surface area contributed by atoms with E-state index in [9.17, 15) is 9.59 Å². The second kappa shape index (κ2) is 22.8. The van der Waals surface area contributed by atoms with Gasteiger partial charge in [0.2, 0.25) is 5.91 Å². The molecule has 2 N–H and O–H groups in total. The van der Waals surface area contributed by atoms with E-state index in [1.807, 2.05) is 13.6 Å². The van der Waals surface area contributed by atoms with Crippen molar-refractivity contribution in [2.75, 3.05) is 20.8 Å². The van der Waals surface area contributed by atoms with E-state index in [0.29, 0.717) is 18.8 Å². The Morgan fingerprint density at radius 3 is 2.25 bits per heavy atom. The second-order valence-electron chi connectivity index (χ2n) is 8.92. The molecule has 1 aliphatic rings. The van der Waals surface area contributed by atoms with Crippen molar-refractivity contribution in [3.63, 3.8) is 0 Å². The number of thiazole rings is 1. The summed E-state index contributed by atoms with van der Waals surface area (Å²) in [5, 5.41) is 6.96. The SMILES string of the molecule is C.CC(C)c1ccc2nc(CCC=O)sc2c1.CCC(=O)NC.CCC(NC)C1CCCCC1.CP. The van der Waals surface area contributed by atoms with Crippen LogP contribution in [0.2, 0.25) is 0 Å². The molecule has 1 aromatic heterocycles. The Labute approximate surface area is 228 Å². The number of carbonyl (C=O) groups excluding carboxylic acids is 2. The number of carbonyl (C=O) groups is 2. The minimum absolute atomic E-state index is 0. The highest BCUT2D eigenvalue weighted by Gasteiger charge is 2.20. The van der Waals surface area contributed by atoms with Gasteiger partial charge in [-0.3, -0.25) is 4.79 Å². The maximum atomic E-state index is 10.3. The quantitative estimate of drug-likeness (QED) is 0.271. The monoisotopic (exact) mass is 539 g/mol. The molecular weight excluding hydrogens is 485 g/mol. The van der Waals surface area contributed by atoms with Crippen LogP contribution in [-0.2, 0) is 16.0 Å². The number of aromatic nitrogens is 1. The van der Waals surface area contributed by atoms with E-state index in [0.717, 1.165) is 35.2 Å². The van der Waals surface area contributed by atoms with Crippen LogP contribution in [0.15, 0.2) is 18.2 Å². The van der Waals surface area contributed by atoms with Crippen molar-refractivity contribution in [3.8, 4) is 0 Å². The lowest BCUT2D eigenvalue weighted by Crippen LogP contribution is -2.33. The highest BCUT2D eigenvalue weighted by molar-refractivity contribution is 7.18. The van der Waals surface area contributed by atoms with Gasteiger partial charge in [-0.1, -0.05) is 67.1 Å². The van der Waals surface area contributed by atoms with Crippen LogP contribution in [0.3, 0.4) is 0 Å². The fourth-order valence-corrected chi connectivity index (χ4v) is 5.15. The molecule has 1 saturated carbocycles. The van der Waals surface area contributed by atoms with E-state index in [1.54, 1.807) is 18.4 Å².